The predicted molar refractivity (Wildman–Crippen MR) is 63.4 cm³/mol. The molecule has 8 heteroatoms. The summed E-state index contributed by atoms with van der Waals surface area (Å²) in [7, 11) is 0. The Morgan fingerprint density at radius 2 is 2.22 bits per heavy atom. The summed E-state index contributed by atoms with van der Waals surface area (Å²) in [5, 5.41) is 13.2. The van der Waals surface area contributed by atoms with E-state index in [1.165, 1.54) is 18.2 Å². The average Bonchev–Trinajstić information content (AvgIpc) is 2.28. The molecule has 2 aromatic rings. The number of benzene rings is 1. The van der Waals surface area contributed by atoms with Crippen molar-refractivity contribution in [1.82, 2.24) is 9.97 Å². The van der Waals surface area contributed by atoms with Gasteiger partial charge in [0.25, 0.3) is 0 Å². The van der Waals surface area contributed by atoms with Crippen molar-refractivity contribution in [2.24, 2.45) is 0 Å². The van der Waals surface area contributed by atoms with E-state index in [0.29, 0.717) is 5.69 Å². The molecule has 1 aromatic carbocycles. The summed E-state index contributed by atoms with van der Waals surface area (Å²) in [6, 6.07) is 5.45. The molecule has 2 rings (SSSR count). The summed E-state index contributed by atoms with van der Waals surface area (Å²) in [6.07, 6.45) is 0.983. The molecule has 1 heterocycles. The largest absolute Gasteiger partial charge is 0.334 e. The van der Waals surface area contributed by atoms with Gasteiger partial charge in [-0.1, -0.05) is 6.07 Å². The normalized spacial score (nSPS) is 10.1. The minimum atomic E-state index is -0.655. The van der Waals surface area contributed by atoms with E-state index in [9.17, 15) is 14.5 Å². The smallest absolute Gasteiger partial charge is 0.329 e. The van der Waals surface area contributed by atoms with Gasteiger partial charge in [-0.2, -0.15) is 4.98 Å². The number of nitro groups is 1. The molecule has 0 spiro atoms. The van der Waals surface area contributed by atoms with Crippen molar-refractivity contribution in [3.05, 3.63) is 51.7 Å². The Morgan fingerprint density at radius 3 is 2.89 bits per heavy atom. The van der Waals surface area contributed by atoms with E-state index in [1.807, 2.05) is 0 Å². The molecule has 0 amide bonds. The van der Waals surface area contributed by atoms with Crippen molar-refractivity contribution in [2.45, 2.75) is 0 Å². The van der Waals surface area contributed by atoms with Crippen LogP contribution >= 0.6 is 11.6 Å². The van der Waals surface area contributed by atoms with Crippen LogP contribution in [-0.2, 0) is 0 Å². The summed E-state index contributed by atoms with van der Waals surface area (Å²) in [5.41, 5.74) is -0.0171. The predicted octanol–water partition coefficient (Wildman–Crippen LogP) is 2.92. The van der Waals surface area contributed by atoms with Crippen molar-refractivity contribution in [2.75, 3.05) is 5.32 Å². The van der Waals surface area contributed by atoms with E-state index in [2.05, 4.69) is 15.3 Å². The fourth-order valence-electron chi connectivity index (χ4n) is 1.28. The molecule has 0 unspecified atom stereocenters. The summed E-state index contributed by atoms with van der Waals surface area (Å²) in [5.74, 6) is -0.562. The van der Waals surface area contributed by atoms with Gasteiger partial charge >= 0.3 is 5.69 Å². The van der Waals surface area contributed by atoms with Gasteiger partial charge in [0.1, 0.15) is 12.0 Å². The van der Waals surface area contributed by atoms with Gasteiger partial charge in [0.15, 0.2) is 0 Å². The van der Waals surface area contributed by atoms with Gasteiger partial charge in [-0.15, -0.1) is 0 Å². The van der Waals surface area contributed by atoms with Crippen LogP contribution in [0.4, 0.5) is 21.6 Å². The number of rotatable bonds is 3. The van der Waals surface area contributed by atoms with Crippen LogP contribution in [0.15, 0.2) is 30.5 Å². The minimum absolute atomic E-state index is 0.0920. The van der Waals surface area contributed by atoms with E-state index < -0.39 is 10.7 Å². The Morgan fingerprint density at radius 1 is 1.44 bits per heavy atom. The second-order valence-electron chi connectivity index (χ2n) is 3.27. The first-order valence-corrected chi connectivity index (χ1v) is 5.13. The first-order chi connectivity index (χ1) is 8.56. The zero-order valence-corrected chi connectivity index (χ0v) is 9.56. The van der Waals surface area contributed by atoms with Gasteiger partial charge in [0.05, 0.1) is 4.92 Å². The van der Waals surface area contributed by atoms with E-state index in [1.54, 1.807) is 6.07 Å². The zero-order valence-electron chi connectivity index (χ0n) is 8.80. The summed E-state index contributed by atoms with van der Waals surface area (Å²) < 4.78 is 13.0. The Bertz CT molecular complexity index is 608. The maximum Gasteiger partial charge on any atom is 0.329 e. The lowest BCUT2D eigenvalue weighted by Crippen LogP contribution is -2.01. The van der Waals surface area contributed by atoms with Gasteiger partial charge in [-0.25, -0.2) is 9.37 Å². The molecule has 0 fully saturated rings. The van der Waals surface area contributed by atoms with Crippen LogP contribution in [0.5, 0.6) is 0 Å². The minimum Gasteiger partial charge on any atom is -0.334 e. The molecule has 92 valence electrons. The molecule has 6 nitrogen and oxygen atoms in total. The number of nitrogens with one attached hydrogen (secondary N) is 1. The highest BCUT2D eigenvalue weighted by atomic mass is 35.5. The average molecular weight is 269 g/mol. The van der Waals surface area contributed by atoms with Crippen LogP contribution < -0.4 is 5.32 Å². The third kappa shape index (κ3) is 2.69. The molecule has 0 atom stereocenters. The molecule has 0 bridgehead atoms. The number of hydrogen-bond acceptors (Lipinski definition) is 5. The topological polar surface area (TPSA) is 81.0 Å². The number of anilines is 2. The van der Waals surface area contributed by atoms with Crippen LogP contribution in [-0.4, -0.2) is 14.9 Å². The highest BCUT2D eigenvalue weighted by Gasteiger charge is 2.17. The maximum absolute atomic E-state index is 13.0. The van der Waals surface area contributed by atoms with Crippen LogP contribution in [0, 0.1) is 15.9 Å². The zero-order chi connectivity index (χ0) is 13.1. The van der Waals surface area contributed by atoms with Crippen molar-refractivity contribution < 1.29 is 9.31 Å². The third-order valence-corrected chi connectivity index (χ3v) is 2.21. The second-order valence-corrected chi connectivity index (χ2v) is 3.60. The molecule has 0 aliphatic carbocycles. The van der Waals surface area contributed by atoms with Crippen LogP contribution in [0.25, 0.3) is 0 Å². The Kier molecular flexibility index (Phi) is 3.33. The van der Waals surface area contributed by atoms with Crippen LogP contribution in [0.2, 0.25) is 5.28 Å². The summed E-state index contributed by atoms with van der Waals surface area (Å²) >= 11 is 5.56. The molecule has 0 saturated carbocycles. The lowest BCUT2D eigenvalue weighted by Gasteiger charge is -2.05. The Balaban J connectivity index is 2.39. The van der Waals surface area contributed by atoms with Crippen molar-refractivity contribution in [3.8, 4) is 0 Å². The molecule has 1 N–H and O–H groups in total. The summed E-state index contributed by atoms with van der Waals surface area (Å²) in [4.78, 5) is 17.3. The summed E-state index contributed by atoms with van der Waals surface area (Å²) in [6.45, 7) is 0. The van der Waals surface area contributed by atoms with Crippen molar-refractivity contribution in [3.63, 3.8) is 0 Å². The fraction of sp³-hybridized carbons (Fsp3) is 0. The third-order valence-electron chi connectivity index (χ3n) is 2.02. The Labute approximate surface area is 106 Å². The van der Waals surface area contributed by atoms with Gasteiger partial charge in [0.2, 0.25) is 11.1 Å². The monoisotopic (exact) mass is 268 g/mol. The fourth-order valence-corrected chi connectivity index (χ4v) is 1.42. The molecule has 0 aliphatic heterocycles. The number of aromatic nitrogens is 2. The van der Waals surface area contributed by atoms with Crippen LogP contribution in [0.1, 0.15) is 0 Å². The first-order valence-electron chi connectivity index (χ1n) is 4.76. The number of hydrogen-bond donors (Lipinski definition) is 1. The van der Waals surface area contributed by atoms with Crippen LogP contribution in [0.3, 0.4) is 0 Å². The van der Waals surface area contributed by atoms with Gasteiger partial charge in [-0.05, 0) is 29.8 Å². The molecule has 0 radical (unpaired) electrons. The lowest BCUT2D eigenvalue weighted by atomic mass is 10.3. The molecule has 18 heavy (non-hydrogen) atoms. The highest BCUT2D eigenvalue weighted by molar-refractivity contribution is 6.28. The SMILES string of the molecule is O=[N+]([O-])c1cnc(Cl)nc1Nc1cccc(F)c1. The standard InChI is InChI=1S/C10H6ClFN4O2/c11-10-13-5-8(16(17)18)9(15-10)14-7-3-1-2-6(12)4-7/h1-5H,(H,13,14,15). The van der Waals surface area contributed by atoms with E-state index in [0.717, 1.165) is 6.20 Å². The van der Waals surface area contributed by atoms with E-state index in [4.69, 9.17) is 11.6 Å². The van der Waals surface area contributed by atoms with Crippen molar-refractivity contribution in [1.29, 1.82) is 0 Å². The second kappa shape index (κ2) is 4.92. The lowest BCUT2D eigenvalue weighted by molar-refractivity contribution is -0.384. The van der Waals surface area contributed by atoms with E-state index in [-0.39, 0.29) is 16.8 Å². The Hall–Kier alpha value is -2.28. The van der Waals surface area contributed by atoms with Crippen molar-refractivity contribution >= 4 is 28.8 Å². The first kappa shape index (κ1) is 12.2. The molecule has 0 aliphatic rings. The maximum atomic E-state index is 13.0. The van der Waals surface area contributed by atoms with Gasteiger partial charge in [-0.3, -0.25) is 10.1 Å². The number of nitrogens with zero attached hydrogens (tertiary/aromatic N) is 3. The van der Waals surface area contributed by atoms with E-state index >= 15 is 0 Å². The number of halogens is 2. The quantitative estimate of drug-likeness (QED) is 0.526. The molecule has 0 saturated heterocycles. The molecule has 1 aromatic heterocycles. The molecular formula is C10H6ClFN4O2. The highest BCUT2D eigenvalue weighted by Crippen LogP contribution is 2.25. The van der Waals surface area contributed by atoms with Gasteiger partial charge in [0, 0.05) is 5.69 Å². The molecular weight excluding hydrogens is 263 g/mol. The van der Waals surface area contributed by atoms with Gasteiger partial charge < -0.3 is 5.32 Å².